The van der Waals surface area contributed by atoms with Gasteiger partial charge in [-0.15, -0.1) is 0 Å². The van der Waals surface area contributed by atoms with Crippen LogP contribution in [0.4, 0.5) is 0 Å². The summed E-state index contributed by atoms with van der Waals surface area (Å²) in [6, 6.07) is 6.04. The predicted octanol–water partition coefficient (Wildman–Crippen LogP) is 2.95. The van der Waals surface area contributed by atoms with E-state index in [1.807, 2.05) is 22.9 Å². The molecule has 0 bridgehead atoms. The lowest BCUT2D eigenvalue weighted by Gasteiger charge is -2.06. The number of hydrogen-bond donors (Lipinski definition) is 1. The maximum Gasteiger partial charge on any atom is 0.0957 e. The van der Waals surface area contributed by atoms with Crippen molar-refractivity contribution in [1.82, 2.24) is 9.78 Å². The fraction of sp³-hybridized carbons (Fsp3) is 0.417. The van der Waals surface area contributed by atoms with Crippen LogP contribution >= 0.6 is 15.9 Å². The number of rotatable bonds is 3. The Labute approximate surface area is 103 Å². The molecule has 0 unspecified atom stereocenters. The predicted molar refractivity (Wildman–Crippen MR) is 68.2 cm³/mol. The van der Waals surface area contributed by atoms with E-state index in [2.05, 4.69) is 34.9 Å². The Kier molecular flexibility index (Phi) is 3.30. The summed E-state index contributed by atoms with van der Waals surface area (Å²) in [5, 5.41) is 14.7. The van der Waals surface area contributed by atoms with Gasteiger partial charge in [0.15, 0.2) is 0 Å². The molecule has 1 aromatic heterocycles. The van der Waals surface area contributed by atoms with Crippen LogP contribution in [0.1, 0.15) is 19.5 Å². The van der Waals surface area contributed by atoms with Gasteiger partial charge in [-0.25, -0.2) is 0 Å². The summed E-state index contributed by atoms with van der Waals surface area (Å²) in [5.74, 6) is 0.540. The summed E-state index contributed by atoms with van der Waals surface area (Å²) in [4.78, 5) is 0. The molecule has 0 aliphatic heterocycles. The van der Waals surface area contributed by atoms with E-state index in [1.165, 1.54) is 0 Å². The van der Waals surface area contributed by atoms with Gasteiger partial charge >= 0.3 is 0 Å². The van der Waals surface area contributed by atoms with Gasteiger partial charge in [-0.3, -0.25) is 4.68 Å². The van der Waals surface area contributed by atoms with Gasteiger partial charge < -0.3 is 5.11 Å². The van der Waals surface area contributed by atoms with Crippen LogP contribution in [0.5, 0.6) is 0 Å². The number of halogens is 1. The van der Waals surface area contributed by atoms with Crippen molar-refractivity contribution in [2.75, 3.05) is 0 Å². The summed E-state index contributed by atoms with van der Waals surface area (Å²) in [5.41, 5.74) is 1.83. The van der Waals surface area contributed by atoms with Crippen molar-refractivity contribution < 1.29 is 5.11 Å². The second-order valence-electron chi connectivity index (χ2n) is 4.34. The molecule has 16 heavy (non-hydrogen) atoms. The number of aromatic nitrogens is 2. The third-order valence-corrected chi connectivity index (χ3v) is 2.97. The minimum absolute atomic E-state index is 0.0158. The van der Waals surface area contributed by atoms with Crippen LogP contribution in [-0.2, 0) is 13.2 Å². The zero-order chi connectivity index (χ0) is 11.7. The highest BCUT2D eigenvalue weighted by Gasteiger charge is 2.10. The number of aliphatic hydroxyl groups excluding tert-OH is 1. The Morgan fingerprint density at radius 3 is 2.81 bits per heavy atom. The Hall–Kier alpha value is -0.870. The van der Waals surface area contributed by atoms with E-state index in [4.69, 9.17) is 0 Å². The fourth-order valence-electron chi connectivity index (χ4n) is 1.82. The zero-order valence-electron chi connectivity index (χ0n) is 9.44. The van der Waals surface area contributed by atoms with E-state index in [1.54, 1.807) is 0 Å². The van der Waals surface area contributed by atoms with Gasteiger partial charge in [0.1, 0.15) is 0 Å². The molecule has 4 heteroatoms. The first kappa shape index (κ1) is 11.6. The lowest BCUT2D eigenvalue weighted by molar-refractivity contribution is 0.276. The van der Waals surface area contributed by atoms with Crippen LogP contribution in [-0.4, -0.2) is 14.9 Å². The van der Waals surface area contributed by atoms with E-state index in [0.29, 0.717) is 5.92 Å². The molecule has 0 saturated heterocycles. The second kappa shape index (κ2) is 4.55. The molecular weight excluding hydrogens is 268 g/mol. The number of hydrogen-bond acceptors (Lipinski definition) is 2. The smallest absolute Gasteiger partial charge is 0.0957 e. The van der Waals surface area contributed by atoms with Gasteiger partial charge in [0.25, 0.3) is 0 Å². The minimum atomic E-state index is -0.0158. The Bertz CT molecular complexity index is 505. The molecule has 2 rings (SSSR count). The average Bonchev–Trinajstić information content (AvgIpc) is 2.55. The van der Waals surface area contributed by atoms with Crippen LogP contribution in [0, 0.1) is 5.92 Å². The molecule has 0 amide bonds. The Balaban J connectivity index is 2.58. The molecule has 0 aliphatic rings. The van der Waals surface area contributed by atoms with E-state index in [-0.39, 0.29) is 6.61 Å². The lowest BCUT2D eigenvalue weighted by Crippen LogP contribution is -2.06. The average molecular weight is 283 g/mol. The normalized spacial score (nSPS) is 11.6. The van der Waals surface area contributed by atoms with E-state index in [9.17, 15) is 5.11 Å². The Morgan fingerprint density at radius 1 is 1.44 bits per heavy atom. The summed E-state index contributed by atoms with van der Waals surface area (Å²) in [6.45, 7) is 5.17. The molecule has 2 aromatic rings. The van der Waals surface area contributed by atoms with Crippen molar-refractivity contribution in [3.05, 3.63) is 28.4 Å². The first-order chi connectivity index (χ1) is 7.61. The summed E-state index contributed by atoms with van der Waals surface area (Å²) >= 11 is 3.44. The summed E-state index contributed by atoms with van der Waals surface area (Å²) in [6.07, 6.45) is 0. The SMILES string of the molecule is CC(C)Cn1nc(CO)c2cc(Br)ccc21. The fourth-order valence-corrected chi connectivity index (χ4v) is 2.18. The first-order valence-electron chi connectivity index (χ1n) is 5.37. The Morgan fingerprint density at radius 2 is 2.19 bits per heavy atom. The highest BCUT2D eigenvalue weighted by atomic mass is 79.9. The van der Waals surface area contributed by atoms with Gasteiger partial charge in [-0.2, -0.15) is 5.10 Å². The molecular formula is C12H15BrN2O. The van der Waals surface area contributed by atoms with Gasteiger partial charge in [0.2, 0.25) is 0 Å². The van der Waals surface area contributed by atoms with Crippen molar-refractivity contribution in [3.63, 3.8) is 0 Å². The monoisotopic (exact) mass is 282 g/mol. The topological polar surface area (TPSA) is 38.0 Å². The van der Waals surface area contributed by atoms with Crippen LogP contribution in [0.3, 0.4) is 0 Å². The van der Waals surface area contributed by atoms with Crippen LogP contribution in [0.2, 0.25) is 0 Å². The highest BCUT2D eigenvalue weighted by molar-refractivity contribution is 9.10. The molecule has 1 N–H and O–H groups in total. The largest absolute Gasteiger partial charge is 0.390 e. The molecule has 0 aliphatic carbocycles. The third kappa shape index (κ3) is 2.13. The molecule has 0 atom stereocenters. The van der Waals surface area contributed by atoms with Crippen LogP contribution < -0.4 is 0 Å². The van der Waals surface area contributed by atoms with Gasteiger partial charge in [-0.1, -0.05) is 29.8 Å². The first-order valence-corrected chi connectivity index (χ1v) is 6.17. The van der Waals surface area contributed by atoms with Crippen molar-refractivity contribution in [2.45, 2.75) is 27.0 Å². The van der Waals surface area contributed by atoms with Crippen LogP contribution in [0.15, 0.2) is 22.7 Å². The number of aliphatic hydroxyl groups is 1. The van der Waals surface area contributed by atoms with Crippen molar-refractivity contribution >= 4 is 26.8 Å². The third-order valence-electron chi connectivity index (χ3n) is 2.48. The van der Waals surface area contributed by atoms with Gasteiger partial charge in [0, 0.05) is 16.4 Å². The standard InChI is InChI=1S/C12H15BrN2O/c1-8(2)6-15-12-4-3-9(13)5-10(12)11(7-16)14-15/h3-5,8,16H,6-7H2,1-2H3. The van der Waals surface area contributed by atoms with Gasteiger partial charge in [-0.05, 0) is 24.1 Å². The minimum Gasteiger partial charge on any atom is -0.390 e. The summed E-state index contributed by atoms with van der Waals surface area (Å²) < 4.78 is 2.98. The zero-order valence-corrected chi connectivity index (χ0v) is 11.0. The maximum absolute atomic E-state index is 9.28. The second-order valence-corrected chi connectivity index (χ2v) is 5.26. The maximum atomic E-state index is 9.28. The number of nitrogens with zero attached hydrogens (tertiary/aromatic N) is 2. The number of fused-ring (bicyclic) bond motifs is 1. The summed E-state index contributed by atoms with van der Waals surface area (Å²) in [7, 11) is 0. The molecule has 0 saturated carbocycles. The molecule has 1 heterocycles. The quantitative estimate of drug-likeness (QED) is 0.940. The molecule has 86 valence electrons. The molecule has 0 fully saturated rings. The molecule has 0 radical (unpaired) electrons. The van der Waals surface area contributed by atoms with E-state index >= 15 is 0 Å². The van der Waals surface area contributed by atoms with Gasteiger partial charge in [0.05, 0.1) is 17.8 Å². The van der Waals surface area contributed by atoms with E-state index < -0.39 is 0 Å². The van der Waals surface area contributed by atoms with Crippen molar-refractivity contribution in [2.24, 2.45) is 5.92 Å². The highest BCUT2D eigenvalue weighted by Crippen LogP contribution is 2.23. The lowest BCUT2D eigenvalue weighted by atomic mass is 10.2. The van der Waals surface area contributed by atoms with Crippen molar-refractivity contribution in [3.8, 4) is 0 Å². The van der Waals surface area contributed by atoms with Crippen molar-refractivity contribution in [1.29, 1.82) is 0 Å². The molecule has 0 spiro atoms. The number of benzene rings is 1. The molecule has 1 aromatic carbocycles. The van der Waals surface area contributed by atoms with Crippen LogP contribution in [0.25, 0.3) is 10.9 Å². The van der Waals surface area contributed by atoms with E-state index in [0.717, 1.165) is 27.6 Å². The molecule has 3 nitrogen and oxygen atoms in total.